The van der Waals surface area contributed by atoms with Crippen LogP contribution < -0.4 is 0 Å². The number of rotatable bonds is 2. The molecular formula is C6H14OS. The quantitative estimate of drug-likeness (QED) is 0.561. The lowest BCUT2D eigenvalue weighted by Gasteiger charge is -2.16. The molecule has 0 atom stereocenters. The van der Waals surface area contributed by atoms with E-state index in [1.165, 1.54) is 0 Å². The summed E-state index contributed by atoms with van der Waals surface area (Å²) in [6.45, 7) is 7.38. The first-order chi connectivity index (χ1) is 3.50. The SMILES string of the molecule is C=C[SH](C)(=O)C(C)C. The van der Waals surface area contributed by atoms with Crippen molar-refractivity contribution >= 4 is 9.93 Å². The summed E-state index contributed by atoms with van der Waals surface area (Å²) >= 11 is 0. The van der Waals surface area contributed by atoms with E-state index >= 15 is 0 Å². The molecule has 0 aliphatic rings. The third kappa shape index (κ3) is 1.78. The molecular weight excluding hydrogens is 120 g/mol. The molecule has 50 valence electrons. The summed E-state index contributed by atoms with van der Waals surface area (Å²) in [6, 6.07) is 0. The van der Waals surface area contributed by atoms with Crippen LogP contribution in [0.3, 0.4) is 0 Å². The lowest BCUT2D eigenvalue weighted by molar-refractivity contribution is 0.673. The molecule has 0 saturated heterocycles. The van der Waals surface area contributed by atoms with E-state index in [9.17, 15) is 4.21 Å². The minimum absolute atomic E-state index is 0.250. The van der Waals surface area contributed by atoms with E-state index in [1.54, 1.807) is 11.7 Å². The van der Waals surface area contributed by atoms with Gasteiger partial charge in [-0.3, -0.25) is 4.21 Å². The second-order valence-electron chi connectivity index (χ2n) is 2.34. The van der Waals surface area contributed by atoms with Gasteiger partial charge in [0, 0.05) is 5.25 Å². The van der Waals surface area contributed by atoms with Crippen molar-refractivity contribution in [3.05, 3.63) is 12.0 Å². The molecule has 1 nitrogen and oxygen atoms in total. The topological polar surface area (TPSA) is 17.1 Å². The average Bonchev–Trinajstić information content (AvgIpc) is 1.67. The molecule has 0 saturated carbocycles. The van der Waals surface area contributed by atoms with Crippen LogP contribution in [0.15, 0.2) is 12.0 Å². The van der Waals surface area contributed by atoms with Crippen molar-refractivity contribution < 1.29 is 4.21 Å². The van der Waals surface area contributed by atoms with Crippen LogP contribution in [0, 0.1) is 0 Å². The van der Waals surface area contributed by atoms with Crippen LogP contribution in [-0.2, 0) is 9.93 Å². The molecule has 8 heavy (non-hydrogen) atoms. The van der Waals surface area contributed by atoms with E-state index in [1.807, 2.05) is 13.8 Å². The highest BCUT2D eigenvalue weighted by Gasteiger charge is 2.06. The minimum atomic E-state index is -1.98. The maximum Gasteiger partial charge on any atom is 0.0101 e. The van der Waals surface area contributed by atoms with Crippen LogP contribution >= 0.6 is 0 Å². The van der Waals surface area contributed by atoms with Gasteiger partial charge in [-0.05, 0) is 11.7 Å². The molecule has 0 rings (SSSR count). The van der Waals surface area contributed by atoms with E-state index in [4.69, 9.17) is 0 Å². The van der Waals surface area contributed by atoms with Crippen molar-refractivity contribution in [1.29, 1.82) is 0 Å². The predicted octanol–water partition coefficient (Wildman–Crippen LogP) is 1.18. The van der Waals surface area contributed by atoms with Gasteiger partial charge in [0.1, 0.15) is 0 Å². The number of hydrogen-bond donors (Lipinski definition) is 1. The van der Waals surface area contributed by atoms with Gasteiger partial charge in [0.2, 0.25) is 0 Å². The molecule has 0 aromatic heterocycles. The Morgan fingerprint density at radius 2 is 2.00 bits per heavy atom. The summed E-state index contributed by atoms with van der Waals surface area (Å²) in [4.78, 5) is 0. The second kappa shape index (κ2) is 2.44. The Morgan fingerprint density at radius 3 is 2.00 bits per heavy atom. The molecule has 0 bridgehead atoms. The molecule has 0 aliphatic heterocycles. The van der Waals surface area contributed by atoms with Crippen LogP contribution in [0.2, 0.25) is 0 Å². The smallest absolute Gasteiger partial charge is 0.0101 e. The van der Waals surface area contributed by atoms with Crippen molar-refractivity contribution in [2.24, 2.45) is 0 Å². The van der Waals surface area contributed by atoms with Gasteiger partial charge in [-0.2, -0.15) is 0 Å². The van der Waals surface area contributed by atoms with Crippen LogP contribution in [-0.4, -0.2) is 15.7 Å². The molecule has 2 heteroatoms. The van der Waals surface area contributed by atoms with Gasteiger partial charge >= 0.3 is 0 Å². The van der Waals surface area contributed by atoms with Gasteiger partial charge in [0.05, 0.1) is 0 Å². The average molecular weight is 134 g/mol. The summed E-state index contributed by atoms with van der Waals surface area (Å²) in [5.74, 6) is 0. The molecule has 0 unspecified atom stereocenters. The largest absolute Gasteiger partial charge is 0.281 e. The maximum absolute atomic E-state index is 11.2. The summed E-state index contributed by atoms with van der Waals surface area (Å²) in [7, 11) is -1.98. The molecule has 0 aromatic carbocycles. The monoisotopic (exact) mass is 134 g/mol. The fourth-order valence-electron chi connectivity index (χ4n) is 0.211. The minimum Gasteiger partial charge on any atom is -0.281 e. The van der Waals surface area contributed by atoms with Crippen LogP contribution in [0.5, 0.6) is 0 Å². The van der Waals surface area contributed by atoms with Crippen LogP contribution in [0.4, 0.5) is 0 Å². The molecule has 0 amide bonds. The second-order valence-corrected chi connectivity index (χ2v) is 5.85. The van der Waals surface area contributed by atoms with Crippen molar-refractivity contribution in [2.45, 2.75) is 19.1 Å². The van der Waals surface area contributed by atoms with E-state index in [-0.39, 0.29) is 5.25 Å². The highest BCUT2D eigenvalue weighted by atomic mass is 32.2. The Hall–Kier alpha value is -0.110. The third-order valence-corrected chi connectivity index (χ3v) is 4.16. The lowest BCUT2D eigenvalue weighted by atomic mass is 10.6. The number of thiol groups is 1. The van der Waals surface area contributed by atoms with Gasteiger partial charge in [-0.1, -0.05) is 30.4 Å². The number of hydrogen-bond acceptors (Lipinski definition) is 1. The molecule has 0 aromatic rings. The summed E-state index contributed by atoms with van der Waals surface area (Å²) in [5, 5.41) is 1.82. The fraction of sp³-hybridized carbons (Fsp3) is 0.667. The predicted molar refractivity (Wildman–Crippen MR) is 40.8 cm³/mol. The van der Waals surface area contributed by atoms with Gasteiger partial charge in [-0.25, -0.2) is 0 Å². The Kier molecular flexibility index (Phi) is 2.41. The Bertz CT molecular complexity index is 126. The zero-order chi connectivity index (χ0) is 6.78. The van der Waals surface area contributed by atoms with Crippen LogP contribution in [0.25, 0.3) is 0 Å². The molecule has 0 radical (unpaired) electrons. The summed E-state index contributed by atoms with van der Waals surface area (Å²) < 4.78 is 11.2. The first-order valence-electron chi connectivity index (χ1n) is 2.71. The zero-order valence-corrected chi connectivity index (χ0v) is 6.61. The fourth-order valence-corrected chi connectivity index (χ4v) is 0.632. The Morgan fingerprint density at radius 1 is 1.62 bits per heavy atom. The normalized spacial score (nSPS) is 14.0. The Labute approximate surface area is 52.2 Å². The van der Waals surface area contributed by atoms with Gasteiger partial charge in [0.15, 0.2) is 0 Å². The standard InChI is InChI=1S/C6H14OS/c1-5-8(4,7)6(2)3/h5-6,8H,1H2,2-4H3. The maximum atomic E-state index is 11.2. The lowest BCUT2D eigenvalue weighted by Crippen LogP contribution is -2.17. The van der Waals surface area contributed by atoms with E-state index in [0.717, 1.165) is 0 Å². The van der Waals surface area contributed by atoms with Crippen LogP contribution in [0.1, 0.15) is 13.8 Å². The van der Waals surface area contributed by atoms with Gasteiger partial charge in [0.25, 0.3) is 0 Å². The van der Waals surface area contributed by atoms with Gasteiger partial charge < -0.3 is 0 Å². The molecule has 0 spiro atoms. The van der Waals surface area contributed by atoms with Crippen molar-refractivity contribution in [3.8, 4) is 0 Å². The summed E-state index contributed by atoms with van der Waals surface area (Å²) in [6.07, 6.45) is 1.75. The molecule has 0 N–H and O–H groups in total. The molecule has 0 aliphatic carbocycles. The van der Waals surface area contributed by atoms with Crippen molar-refractivity contribution in [2.75, 3.05) is 6.26 Å². The Balaban J connectivity index is 4.14. The third-order valence-electron chi connectivity index (χ3n) is 1.39. The first kappa shape index (κ1) is 7.89. The van der Waals surface area contributed by atoms with E-state index in [2.05, 4.69) is 6.58 Å². The zero-order valence-electron chi connectivity index (χ0n) is 5.72. The molecule has 0 heterocycles. The van der Waals surface area contributed by atoms with Gasteiger partial charge in [-0.15, -0.1) is 0 Å². The van der Waals surface area contributed by atoms with Crippen molar-refractivity contribution in [3.63, 3.8) is 0 Å². The van der Waals surface area contributed by atoms with E-state index < -0.39 is 9.93 Å². The molecule has 0 fully saturated rings. The first-order valence-corrected chi connectivity index (χ1v) is 5.00. The van der Waals surface area contributed by atoms with Crippen molar-refractivity contribution in [1.82, 2.24) is 0 Å². The highest BCUT2D eigenvalue weighted by molar-refractivity contribution is 8.05. The summed E-state index contributed by atoms with van der Waals surface area (Å²) in [5.41, 5.74) is 0. The highest BCUT2D eigenvalue weighted by Crippen LogP contribution is 2.07. The van der Waals surface area contributed by atoms with E-state index in [0.29, 0.717) is 0 Å².